The smallest absolute Gasteiger partial charge is 0.0540 e. The van der Waals surface area contributed by atoms with E-state index in [-0.39, 0.29) is 0 Å². The van der Waals surface area contributed by atoms with E-state index in [1.807, 2.05) is 11.3 Å². The van der Waals surface area contributed by atoms with Crippen LogP contribution in [0, 0.1) is 0 Å². The summed E-state index contributed by atoms with van der Waals surface area (Å²) in [4.78, 5) is 2.43. The van der Waals surface area contributed by atoms with Gasteiger partial charge in [0, 0.05) is 37.1 Å². The largest absolute Gasteiger partial charge is 0.310 e. The average molecular weight is 694 g/mol. The van der Waals surface area contributed by atoms with Gasteiger partial charge in [0.2, 0.25) is 0 Å². The Balaban J connectivity index is 1.08. The van der Waals surface area contributed by atoms with Crippen LogP contribution in [0.4, 0.5) is 17.1 Å². The van der Waals surface area contributed by atoms with E-state index < -0.39 is 0 Å². The van der Waals surface area contributed by atoms with Gasteiger partial charge in [0.05, 0.1) is 5.69 Å². The fourth-order valence-electron chi connectivity index (χ4n) is 7.95. The molecule has 0 aliphatic carbocycles. The zero-order valence-electron chi connectivity index (χ0n) is 29.1. The Bertz CT molecular complexity index is 2920. The number of rotatable bonds is 7. The van der Waals surface area contributed by atoms with Crippen LogP contribution in [0.1, 0.15) is 11.1 Å². The van der Waals surface area contributed by atoms with E-state index in [2.05, 4.69) is 205 Å². The van der Waals surface area contributed by atoms with Gasteiger partial charge >= 0.3 is 0 Å². The maximum Gasteiger partial charge on any atom is 0.0540 e. The van der Waals surface area contributed by atoms with E-state index in [4.69, 9.17) is 0 Å². The lowest BCUT2D eigenvalue weighted by Crippen LogP contribution is -2.11. The zero-order valence-corrected chi connectivity index (χ0v) is 29.9. The number of thiophene rings is 1. The Morgan fingerprint density at radius 3 is 1.91 bits per heavy atom. The summed E-state index contributed by atoms with van der Waals surface area (Å²) >= 11 is 1.86. The van der Waals surface area contributed by atoms with E-state index in [0.29, 0.717) is 0 Å². The summed E-state index contributed by atoms with van der Waals surface area (Å²) < 4.78 is 2.62. The van der Waals surface area contributed by atoms with Gasteiger partial charge in [0.25, 0.3) is 0 Å². The zero-order chi connectivity index (χ0) is 35.1. The van der Waals surface area contributed by atoms with Crippen LogP contribution in [0.2, 0.25) is 0 Å². The maximum absolute atomic E-state index is 2.43. The molecule has 0 spiro atoms. The van der Waals surface area contributed by atoms with Gasteiger partial charge in [0.1, 0.15) is 0 Å². The van der Waals surface area contributed by atoms with E-state index in [1.165, 1.54) is 75.1 Å². The van der Waals surface area contributed by atoms with E-state index >= 15 is 0 Å². The summed E-state index contributed by atoms with van der Waals surface area (Å²) in [7, 11) is 0. The van der Waals surface area contributed by atoms with Crippen molar-refractivity contribution in [3.8, 4) is 22.3 Å². The number of benzene rings is 9. The monoisotopic (exact) mass is 693 g/mol. The molecule has 0 aliphatic rings. The molecule has 2 heteroatoms. The minimum Gasteiger partial charge on any atom is -0.310 e. The predicted molar refractivity (Wildman–Crippen MR) is 229 cm³/mol. The van der Waals surface area contributed by atoms with Crippen molar-refractivity contribution in [3.63, 3.8) is 0 Å². The molecule has 250 valence electrons. The van der Waals surface area contributed by atoms with Gasteiger partial charge in [0.15, 0.2) is 0 Å². The van der Waals surface area contributed by atoms with Crippen LogP contribution in [-0.2, 0) is 6.42 Å². The second-order valence-electron chi connectivity index (χ2n) is 13.7. The normalized spacial score (nSPS) is 11.5. The molecule has 1 heterocycles. The average Bonchev–Trinajstić information content (AvgIpc) is 3.60. The number of hydrogen-bond donors (Lipinski definition) is 0. The van der Waals surface area contributed by atoms with Crippen molar-refractivity contribution in [1.82, 2.24) is 0 Å². The Labute approximate surface area is 313 Å². The van der Waals surface area contributed by atoms with Gasteiger partial charge in [-0.25, -0.2) is 0 Å². The third kappa shape index (κ3) is 5.74. The van der Waals surface area contributed by atoms with Crippen LogP contribution in [0.25, 0.3) is 64.0 Å². The molecule has 0 amide bonds. The molecule has 53 heavy (non-hydrogen) atoms. The van der Waals surface area contributed by atoms with Crippen LogP contribution < -0.4 is 4.90 Å². The molecule has 0 N–H and O–H groups in total. The summed E-state index contributed by atoms with van der Waals surface area (Å²) in [6, 6.07) is 73.2. The highest BCUT2D eigenvalue weighted by Gasteiger charge is 2.19. The van der Waals surface area contributed by atoms with Crippen LogP contribution in [-0.4, -0.2) is 0 Å². The van der Waals surface area contributed by atoms with Gasteiger partial charge in [-0.05, 0) is 98.2 Å². The molecule has 0 aliphatic heterocycles. The fraction of sp³-hybridized carbons (Fsp3) is 0.0196. The molecule has 1 nitrogen and oxygen atoms in total. The molecule has 0 atom stereocenters. The van der Waals surface area contributed by atoms with Crippen LogP contribution in [0.15, 0.2) is 200 Å². The Morgan fingerprint density at radius 1 is 0.377 bits per heavy atom. The summed E-state index contributed by atoms with van der Waals surface area (Å²) in [5.41, 5.74) is 10.8. The summed E-state index contributed by atoms with van der Waals surface area (Å²) in [5.74, 6) is 0. The third-order valence-corrected chi connectivity index (χ3v) is 11.6. The molecule has 1 aromatic heterocycles. The van der Waals surface area contributed by atoms with E-state index in [9.17, 15) is 0 Å². The number of para-hydroxylation sites is 1. The molecule has 0 fully saturated rings. The first-order valence-corrected chi connectivity index (χ1v) is 19.0. The fourth-order valence-corrected chi connectivity index (χ4v) is 9.03. The minimum atomic E-state index is 0.875. The van der Waals surface area contributed by atoms with Crippen molar-refractivity contribution in [2.45, 2.75) is 6.42 Å². The Kier molecular flexibility index (Phi) is 7.82. The maximum atomic E-state index is 2.43. The first-order valence-electron chi connectivity index (χ1n) is 18.2. The van der Waals surface area contributed by atoms with Crippen molar-refractivity contribution >= 4 is 70.1 Å². The highest BCUT2D eigenvalue weighted by molar-refractivity contribution is 7.25. The molecule has 9 aromatic carbocycles. The number of hydrogen-bond acceptors (Lipinski definition) is 2. The topological polar surface area (TPSA) is 3.24 Å². The molecule has 0 unspecified atom stereocenters. The summed E-state index contributed by atoms with van der Waals surface area (Å²) in [6.45, 7) is 0. The first kappa shape index (κ1) is 31.3. The number of nitrogens with zero attached hydrogens (tertiary/aromatic N) is 1. The second kappa shape index (κ2) is 13.2. The van der Waals surface area contributed by atoms with E-state index in [0.717, 1.165) is 23.5 Å². The van der Waals surface area contributed by atoms with Crippen molar-refractivity contribution in [2.75, 3.05) is 4.90 Å². The lowest BCUT2D eigenvalue weighted by atomic mass is 9.93. The molecule has 10 aromatic rings. The lowest BCUT2D eigenvalue weighted by molar-refractivity contribution is 1.22. The van der Waals surface area contributed by atoms with Crippen molar-refractivity contribution in [2.24, 2.45) is 0 Å². The minimum absolute atomic E-state index is 0.875. The van der Waals surface area contributed by atoms with Crippen LogP contribution >= 0.6 is 11.3 Å². The molecule has 10 rings (SSSR count). The quantitative estimate of drug-likeness (QED) is 0.150. The predicted octanol–water partition coefficient (Wildman–Crippen LogP) is 14.8. The van der Waals surface area contributed by atoms with E-state index in [1.54, 1.807) is 0 Å². The summed E-state index contributed by atoms with van der Waals surface area (Å²) in [6.07, 6.45) is 0.875. The summed E-state index contributed by atoms with van der Waals surface area (Å²) in [5, 5.41) is 7.83. The third-order valence-electron chi connectivity index (χ3n) is 10.5. The molecular weight excluding hydrogens is 659 g/mol. The van der Waals surface area contributed by atoms with Crippen LogP contribution in [0.5, 0.6) is 0 Å². The van der Waals surface area contributed by atoms with Gasteiger partial charge in [-0.15, -0.1) is 11.3 Å². The lowest BCUT2D eigenvalue weighted by Gasteiger charge is -2.28. The molecule has 0 radical (unpaired) electrons. The second-order valence-corrected chi connectivity index (χ2v) is 14.8. The standard InChI is InChI=1S/C51H35NS/c1-2-13-36(14-3-1)38-16-12-17-41(33-38)52(42-29-30-51-48(34-42)47-22-9-11-24-50(47)53-51)49-23-10-8-20-45(49)37-27-25-35(26-28-37)31-40-32-39-15-4-5-18-43(39)46-21-7-6-19-44(40)46/h1-30,32-34H,31H2. The van der Waals surface area contributed by atoms with Gasteiger partial charge in [-0.2, -0.15) is 0 Å². The van der Waals surface area contributed by atoms with Gasteiger partial charge in [-0.1, -0.05) is 158 Å². The van der Waals surface area contributed by atoms with Crippen molar-refractivity contribution < 1.29 is 0 Å². The van der Waals surface area contributed by atoms with Gasteiger partial charge in [-0.3, -0.25) is 0 Å². The Morgan fingerprint density at radius 2 is 1.04 bits per heavy atom. The number of anilines is 3. The number of fused-ring (bicyclic) bond motifs is 6. The van der Waals surface area contributed by atoms with Crippen molar-refractivity contribution in [1.29, 1.82) is 0 Å². The molecular formula is C51H35NS. The molecule has 0 saturated heterocycles. The molecule has 0 saturated carbocycles. The highest BCUT2D eigenvalue weighted by Crippen LogP contribution is 2.44. The van der Waals surface area contributed by atoms with Crippen LogP contribution in [0.3, 0.4) is 0 Å². The Hall–Kier alpha value is -6.48. The van der Waals surface area contributed by atoms with Gasteiger partial charge < -0.3 is 4.90 Å². The highest BCUT2D eigenvalue weighted by atomic mass is 32.1. The SMILES string of the molecule is c1ccc(-c2cccc(N(c3ccc4sc5ccccc5c4c3)c3ccccc3-c3ccc(Cc4cc5ccccc5c5ccccc45)cc3)c2)cc1. The first-order chi connectivity index (χ1) is 26.3. The van der Waals surface area contributed by atoms with Crippen molar-refractivity contribution in [3.05, 3.63) is 211 Å². The molecule has 0 bridgehead atoms.